The van der Waals surface area contributed by atoms with Crippen molar-refractivity contribution >= 4 is 34.2 Å². The van der Waals surface area contributed by atoms with E-state index in [-0.39, 0.29) is 11.8 Å². The molecule has 1 aromatic heterocycles. The molecule has 1 aliphatic rings. The minimum Gasteiger partial charge on any atom is -0.497 e. The summed E-state index contributed by atoms with van der Waals surface area (Å²) in [5.74, 6) is -3.42. The van der Waals surface area contributed by atoms with Crippen LogP contribution in [0.2, 0.25) is 0 Å². The van der Waals surface area contributed by atoms with E-state index in [0.29, 0.717) is 6.21 Å². The Bertz CT molecular complexity index is 1070. The van der Waals surface area contributed by atoms with Gasteiger partial charge in [0, 0.05) is 6.21 Å². The summed E-state index contributed by atoms with van der Waals surface area (Å²) in [6.45, 7) is 0. The van der Waals surface area contributed by atoms with Crippen molar-refractivity contribution in [1.29, 1.82) is 0 Å². The number of aliphatic imine (C=N–C) groups is 1. The standard InChI is InChI=1S/C15H14F3N5O7S/c1-28-8-4-9(29-2)21-13(20-8)22-14(25)23-31(26,27)12-11(30-3)10(15(16,17)18)7(6-24)5-19-12/h4-5,10H,1-3H3,(H2,20,21,22,23,25). The van der Waals surface area contributed by atoms with E-state index < -0.39 is 50.5 Å². The highest BCUT2D eigenvalue weighted by atomic mass is 32.2. The summed E-state index contributed by atoms with van der Waals surface area (Å²) in [5.41, 5.74) is -0.996. The quantitative estimate of drug-likeness (QED) is 0.579. The van der Waals surface area contributed by atoms with Gasteiger partial charge >= 0.3 is 12.2 Å². The lowest BCUT2D eigenvalue weighted by Gasteiger charge is -2.25. The first-order chi connectivity index (χ1) is 14.5. The first-order valence-electron chi connectivity index (χ1n) is 7.91. The van der Waals surface area contributed by atoms with E-state index in [0.717, 1.165) is 13.1 Å². The van der Waals surface area contributed by atoms with Gasteiger partial charge in [-0.25, -0.2) is 19.3 Å². The van der Waals surface area contributed by atoms with E-state index in [1.165, 1.54) is 25.0 Å². The summed E-state index contributed by atoms with van der Waals surface area (Å²) in [6.07, 6.45) is -4.73. The van der Waals surface area contributed by atoms with Gasteiger partial charge in [0.2, 0.25) is 22.7 Å². The number of nitrogens with one attached hydrogen (secondary N) is 2. The lowest BCUT2D eigenvalue weighted by atomic mass is 9.97. The molecule has 168 valence electrons. The molecule has 1 aliphatic heterocycles. The van der Waals surface area contributed by atoms with Crippen LogP contribution in [0.15, 0.2) is 27.4 Å². The fraction of sp³-hybridized carbons (Fsp3) is 0.333. The molecule has 1 atom stereocenters. The Hall–Kier alpha value is -3.65. The molecule has 0 aromatic carbocycles. The van der Waals surface area contributed by atoms with E-state index in [1.54, 1.807) is 0 Å². The normalized spacial score (nSPS) is 16.5. The molecule has 16 heteroatoms. The molecule has 0 spiro atoms. The SMILES string of the molecule is COC1=C(S(=O)(=O)NC(=O)Nc2nc(OC)cc(OC)n2)N=CC(=C=O)C1C(F)(F)F. The number of allylic oxidation sites excluding steroid dienone is 1. The van der Waals surface area contributed by atoms with Gasteiger partial charge in [0.15, 0.2) is 11.7 Å². The maximum absolute atomic E-state index is 13.4. The van der Waals surface area contributed by atoms with Crippen LogP contribution in [0.1, 0.15) is 0 Å². The third-order valence-corrected chi connectivity index (χ3v) is 4.84. The Labute approximate surface area is 172 Å². The van der Waals surface area contributed by atoms with Gasteiger partial charge in [0.1, 0.15) is 5.94 Å². The lowest BCUT2D eigenvalue weighted by Crippen LogP contribution is -2.38. The van der Waals surface area contributed by atoms with Crippen molar-refractivity contribution in [3.63, 3.8) is 0 Å². The van der Waals surface area contributed by atoms with Gasteiger partial charge in [-0.05, 0) is 0 Å². The monoisotopic (exact) mass is 465 g/mol. The second-order valence-corrected chi connectivity index (χ2v) is 7.10. The highest BCUT2D eigenvalue weighted by Crippen LogP contribution is 2.40. The summed E-state index contributed by atoms with van der Waals surface area (Å²) in [6, 6.07) is -0.171. The number of hydrogen-bond donors (Lipinski definition) is 2. The second-order valence-electron chi connectivity index (χ2n) is 5.50. The molecule has 2 amide bonds. The molecule has 2 rings (SSSR count). The van der Waals surface area contributed by atoms with Gasteiger partial charge in [-0.1, -0.05) is 0 Å². The minimum atomic E-state index is -5.10. The molecule has 1 unspecified atom stereocenters. The van der Waals surface area contributed by atoms with Crippen LogP contribution in [0.4, 0.5) is 23.9 Å². The number of sulfonamides is 1. The Morgan fingerprint density at radius 2 is 1.71 bits per heavy atom. The number of carbonyl (C=O) groups is 1. The summed E-state index contributed by atoms with van der Waals surface area (Å²) in [5, 5.41) is 0.710. The predicted octanol–water partition coefficient (Wildman–Crippen LogP) is 0.781. The fourth-order valence-corrected chi connectivity index (χ4v) is 3.36. The zero-order valence-electron chi connectivity index (χ0n) is 16.0. The molecule has 12 nitrogen and oxygen atoms in total. The molecule has 0 saturated carbocycles. The highest BCUT2D eigenvalue weighted by molar-refractivity contribution is 7.93. The minimum absolute atomic E-state index is 0.0348. The van der Waals surface area contributed by atoms with E-state index in [9.17, 15) is 31.2 Å². The highest BCUT2D eigenvalue weighted by Gasteiger charge is 2.50. The van der Waals surface area contributed by atoms with Crippen LogP contribution < -0.4 is 19.5 Å². The number of anilines is 1. The number of urea groups is 1. The second kappa shape index (κ2) is 9.01. The molecular weight excluding hydrogens is 451 g/mol. The van der Waals surface area contributed by atoms with Gasteiger partial charge in [0.25, 0.3) is 10.0 Å². The number of methoxy groups -OCH3 is 3. The topological polar surface area (TPSA) is 158 Å². The Balaban J connectivity index is 2.36. The molecule has 0 fully saturated rings. The van der Waals surface area contributed by atoms with Crippen LogP contribution in [0.25, 0.3) is 0 Å². The lowest BCUT2D eigenvalue weighted by molar-refractivity contribution is -0.161. The van der Waals surface area contributed by atoms with E-state index in [1.807, 2.05) is 5.32 Å². The Morgan fingerprint density at radius 3 is 2.16 bits per heavy atom. The van der Waals surface area contributed by atoms with Crippen molar-refractivity contribution in [2.75, 3.05) is 26.6 Å². The van der Waals surface area contributed by atoms with Gasteiger partial charge in [-0.2, -0.15) is 31.6 Å². The van der Waals surface area contributed by atoms with E-state index >= 15 is 0 Å². The molecule has 0 saturated heterocycles. The van der Waals surface area contributed by atoms with Crippen LogP contribution >= 0.6 is 0 Å². The zero-order valence-corrected chi connectivity index (χ0v) is 16.8. The maximum Gasteiger partial charge on any atom is 0.403 e. The zero-order chi connectivity index (χ0) is 23.4. The number of rotatable bonds is 6. The summed E-state index contributed by atoms with van der Waals surface area (Å²) >= 11 is 0. The van der Waals surface area contributed by atoms with E-state index in [4.69, 9.17) is 9.47 Å². The van der Waals surface area contributed by atoms with Crippen LogP contribution in [-0.4, -0.2) is 64.1 Å². The molecule has 2 N–H and O–H groups in total. The number of alkyl halides is 3. The van der Waals surface area contributed by atoms with Crippen molar-refractivity contribution in [3.8, 4) is 11.8 Å². The van der Waals surface area contributed by atoms with Crippen molar-refractivity contribution in [2.24, 2.45) is 10.9 Å². The number of amides is 2. The average Bonchev–Trinajstić information content (AvgIpc) is 2.70. The molecule has 0 bridgehead atoms. The van der Waals surface area contributed by atoms with Crippen molar-refractivity contribution < 1.29 is 45.4 Å². The van der Waals surface area contributed by atoms with Crippen molar-refractivity contribution in [2.45, 2.75) is 6.18 Å². The van der Waals surface area contributed by atoms with Crippen LogP contribution in [-0.2, 0) is 19.6 Å². The molecule has 2 heterocycles. The molecule has 1 aromatic rings. The number of halogens is 3. The first-order valence-corrected chi connectivity index (χ1v) is 9.40. The number of carbonyl (C=O) groups excluding carboxylic acids is 2. The molecular formula is C15H14F3N5O7S. The number of hydrogen-bond acceptors (Lipinski definition) is 10. The fourth-order valence-electron chi connectivity index (χ4n) is 2.31. The molecule has 0 radical (unpaired) electrons. The predicted molar refractivity (Wildman–Crippen MR) is 97.5 cm³/mol. The third kappa shape index (κ3) is 5.29. The summed E-state index contributed by atoms with van der Waals surface area (Å²) < 4.78 is 80.8. The first kappa shape index (κ1) is 23.6. The maximum atomic E-state index is 13.4. The van der Waals surface area contributed by atoms with Crippen LogP contribution in [0.3, 0.4) is 0 Å². The number of aromatic nitrogens is 2. The van der Waals surface area contributed by atoms with Crippen LogP contribution in [0, 0.1) is 5.92 Å². The van der Waals surface area contributed by atoms with Crippen molar-refractivity contribution in [1.82, 2.24) is 14.7 Å². The largest absolute Gasteiger partial charge is 0.497 e. The van der Waals surface area contributed by atoms with Gasteiger partial charge in [0.05, 0.1) is 33.0 Å². The van der Waals surface area contributed by atoms with Gasteiger partial charge in [-0.3, -0.25) is 5.32 Å². The number of ether oxygens (including phenoxy) is 3. The number of nitrogens with zero attached hydrogens (tertiary/aromatic N) is 3. The third-order valence-electron chi connectivity index (χ3n) is 3.57. The molecule has 31 heavy (non-hydrogen) atoms. The Kier molecular flexibility index (Phi) is 6.87. The summed E-state index contributed by atoms with van der Waals surface area (Å²) in [7, 11) is -1.72. The average molecular weight is 465 g/mol. The summed E-state index contributed by atoms with van der Waals surface area (Å²) in [4.78, 5) is 33.7. The van der Waals surface area contributed by atoms with Crippen molar-refractivity contribution in [3.05, 3.63) is 22.4 Å². The van der Waals surface area contributed by atoms with Crippen LogP contribution in [0.5, 0.6) is 11.8 Å². The van der Waals surface area contributed by atoms with Gasteiger partial charge in [-0.15, -0.1) is 0 Å². The smallest absolute Gasteiger partial charge is 0.403 e. The molecule has 0 aliphatic carbocycles. The Morgan fingerprint density at radius 1 is 1.13 bits per heavy atom. The van der Waals surface area contributed by atoms with Gasteiger partial charge < -0.3 is 14.2 Å². The van der Waals surface area contributed by atoms with E-state index in [2.05, 4.69) is 19.7 Å².